The summed E-state index contributed by atoms with van der Waals surface area (Å²) in [5.41, 5.74) is 2.70. The third kappa shape index (κ3) is 3.42. The Balaban J connectivity index is 1.70. The zero-order chi connectivity index (χ0) is 14.5. The maximum Gasteiger partial charge on any atom is 0.122 e. The van der Waals surface area contributed by atoms with Crippen molar-refractivity contribution in [1.82, 2.24) is 10.3 Å². The van der Waals surface area contributed by atoms with Crippen LogP contribution < -0.4 is 10.1 Å². The highest BCUT2D eigenvalue weighted by Crippen LogP contribution is 2.36. The van der Waals surface area contributed by atoms with Gasteiger partial charge in [0.1, 0.15) is 5.75 Å². The minimum atomic E-state index is 0.476. The number of hydrogen-bond donors (Lipinski definition) is 1. The standard InChI is InChI=1S/C18H22N2O/c1-19-16(12-14-6-9-20-10-7-14)13-15-8-11-21-18-5-3-2-4-17(15)18/h2-7,9-10,15-16,19H,8,11-13H2,1H3. The Morgan fingerprint density at radius 2 is 2.05 bits per heavy atom. The number of aromatic nitrogens is 1. The first-order chi connectivity index (χ1) is 10.4. The Hall–Kier alpha value is -1.87. The van der Waals surface area contributed by atoms with Crippen LogP contribution in [-0.2, 0) is 6.42 Å². The van der Waals surface area contributed by atoms with Gasteiger partial charge in [-0.2, -0.15) is 0 Å². The van der Waals surface area contributed by atoms with Gasteiger partial charge in [-0.3, -0.25) is 4.98 Å². The maximum atomic E-state index is 5.76. The van der Waals surface area contributed by atoms with Crippen LogP contribution >= 0.6 is 0 Å². The van der Waals surface area contributed by atoms with Crippen LogP contribution in [0.4, 0.5) is 0 Å². The smallest absolute Gasteiger partial charge is 0.122 e. The van der Waals surface area contributed by atoms with E-state index in [4.69, 9.17) is 4.74 Å². The molecule has 3 nitrogen and oxygen atoms in total. The highest BCUT2D eigenvalue weighted by Gasteiger charge is 2.23. The van der Waals surface area contributed by atoms with Crippen LogP contribution in [0.15, 0.2) is 48.8 Å². The number of nitrogens with one attached hydrogen (secondary N) is 1. The molecule has 0 radical (unpaired) electrons. The topological polar surface area (TPSA) is 34.2 Å². The fraction of sp³-hybridized carbons (Fsp3) is 0.389. The van der Waals surface area contributed by atoms with Crippen LogP contribution in [0.25, 0.3) is 0 Å². The minimum absolute atomic E-state index is 0.476. The summed E-state index contributed by atoms with van der Waals surface area (Å²) in [7, 11) is 2.05. The molecular weight excluding hydrogens is 260 g/mol. The quantitative estimate of drug-likeness (QED) is 0.914. The lowest BCUT2D eigenvalue weighted by molar-refractivity contribution is 0.256. The summed E-state index contributed by atoms with van der Waals surface area (Å²) < 4.78 is 5.76. The summed E-state index contributed by atoms with van der Waals surface area (Å²) in [6.45, 7) is 0.827. The number of para-hydroxylation sites is 1. The van der Waals surface area contributed by atoms with E-state index in [0.717, 1.165) is 31.6 Å². The number of hydrogen-bond acceptors (Lipinski definition) is 3. The van der Waals surface area contributed by atoms with Crippen LogP contribution in [0.3, 0.4) is 0 Å². The van der Waals surface area contributed by atoms with Crippen molar-refractivity contribution in [3.63, 3.8) is 0 Å². The highest BCUT2D eigenvalue weighted by atomic mass is 16.5. The van der Waals surface area contributed by atoms with Gasteiger partial charge in [0.15, 0.2) is 0 Å². The molecule has 1 aromatic carbocycles. The first kappa shape index (κ1) is 14.1. The molecule has 0 spiro atoms. The average Bonchev–Trinajstić information content (AvgIpc) is 2.55. The predicted octanol–water partition coefficient (Wildman–Crippen LogP) is 3.17. The van der Waals surface area contributed by atoms with Gasteiger partial charge in [0, 0.05) is 18.4 Å². The number of fused-ring (bicyclic) bond motifs is 1. The van der Waals surface area contributed by atoms with Gasteiger partial charge < -0.3 is 10.1 Å². The average molecular weight is 282 g/mol. The second-order valence-electron chi connectivity index (χ2n) is 5.65. The van der Waals surface area contributed by atoms with E-state index in [1.807, 2.05) is 18.5 Å². The molecule has 3 rings (SSSR count). The lowest BCUT2D eigenvalue weighted by atomic mass is 9.86. The molecule has 1 aromatic heterocycles. The third-order valence-electron chi connectivity index (χ3n) is 4.29. The second-order valence-corrected chi connectivity index (χ2v) is 5.65. The summed E-state index contributed by atoms with van der Waals surface area (Å²) in [5, 5.41) is 3.47. The van der Waals surface area contributed by atoms with Crippen molar-refractivity contribution in [2.75, 3.05) is 13.7 Å². The number of ether oxygens (including phenoxy) is 1. The van der Waals surface area contributed by atoms with Gasteiger partial charge in [-0.1, -0.05) is 18.2 Å². The molecule has 1 aliphatic rings. The van der Waals surface area contributed by atoms with Gasteiger partial charge in [-0.05, 0) is 61.6 Å². The summed E-state index contributed by atoms with van der Waals surface area (Å²) in [5.74, 6) is 1.64. The van der Waals surface area contributed by atoms with E-state index in [9.17, 15) is 0 Å². The van der Waals surface area contributed by atoms with Crippen molar-refractivity contribution in [1.29, 1.82) is 0 Å². The molecular formula is C18H22N2O. The van der Waals surface area contributed by atoms with E-state index in [1.165, 1.54) is 11.1 Å². The van der Waals surface area contributed by atoms with Crippen molar-refractivity contribution < 1.29 is 4.74 Å². The number of pyridine rings is 1. The van der Waals surface area contributed by atoms with E-state index in [0.29, 0.717) is 12.0 Å². The van der Waals surface area contributed by atoms with Crippen LogP contribution in [0.1, 0.15) is 29.9 Å². The summed E-state index contributed by atoms with van der Waals surface area (Å²) in [4.78, 5) is 4.09. The van der Waals surface area contributed by atoms with E-state index in [-0.39, 0.29) is 0 Å². The summed E-state index contributed by atoms with van der Waals surface area (Å²) in [6.07, 6.45) is 7.01. The normalized spacial score (nSPS) is 18.6. The minimum Gasteiger partial charge on any atom is -0.493 e. The van der Waals surface area contributed by atoms with Crippen molar-refractivity contribution >= 4 is 0 Å². The van der Waals surface area contributed by atoms with E-state index >= 15 is 0 Å². The fourth-order valence-corrected chi connectivity index (χ4v) is 3.11. The molecule has 3 heteroatoms. The molecule has 0 saturated heterocycles. The van der Waals surface area contributed by atoms with Gasteiger partial charge in [-0.25, -0.2) is 0 Å². The molecule has 1 N–H and O–H groups in total. The highest BCUT2D eigenvalue weighted by molar-refractivity contribution is 5.37. The zero-order valence-corrected chi connectivity index (χ0v) is 12.5. The molecule has 2 heterocycles. The van der Waals surface area contributed by atoms with Gasteiger partial charge in [0.05, 0.1) is 6.61 Å². The lowest BCUT2D eigenvalue weighted by Gasteiger charge is -2.29. The fourth-order valence-electron chi connectivity index (χ4n) is 3.11. The Kier molecular flexibility index (Phi) is 4.51. The van der Waals surface area contributed by atoms with Crippen LogP contribution in [0.5, 0.6) is 5.75 Å². The first-order valence-corrected chi connectivity index (χ1v) is 7.64. The van der Waals surface area contributed by atoms with Gasteiger partial charge in [0.2, 0.25) is 0 Å². The Bertz CT molecular complexity index is 570. The van der Waals surface area contributed by atoms with Crippen molar-refractivity contribution in [2.24, 2.45) is 0 Å². The van der Waals surface area contributed by atoms with Crippen molar-refractivity contribution in [3.05, 3.63) is 59.9 Å². The molecule has 2 unspecified atom stereocenters. The van der Waals surface area contributed by atoms with E-state index < -0.39 is 0 Å². The Morgan fingerprint density at radius 1 is 1.24 bits per heavy atom. The molecule has 0 bridgehead atoms. The molecule has 21 heavy (non-hydrogen) atoms. The van der Waals surface area contributed by atoms with E-state index in [2.05, 4.69) is 47.7 Å². The second kappa shape index (κ2) is 6.72. The number of nitrogens with zero attached hydrogens (tertiary/aromatic N) is 1. The molecule has 2 atom stereocenters. The molecule has 110 valence electrons. The first-order valence-electron chi connectivity index (χ1n) is 7.64. The van der Waals surface area contributed by atoms with Gasteiger partial charge >= 0.3 is 0 Å². The molecule has 1 aliphatic heterocycles. The number of rotatable bonds is 5. The van der Waals surface area contributed by atoms with Crippen molar-refractivity contribution in [3.8, 4) is 5.75 Å². The van der Waals surface area contributed by atoms with Crippen LogP contribution in [0, 0.1) is 0 Å². The largest absolute Gasteiger partial charge is 0.493 e. The number of benzene rings is 1. The Morgan fingerprint density at radius 3 is 2.86 bits per heavy atom. The summed E-state index contributed by atoms with van der Waals surface area (Å²) in [6, 6.07) is 13.1. The zero-order valence-electron chi connectivity index (χ0n) is 12.5. The molecule has 2 aromatic rings. The van der Waals surface area contributed by atoms with E-state index in [1.54, 1.807) is 0 Å². The lowest BCUT2D eigenvalue weighted by Crippen LogP contribution is -2.31. The van der Waals surface area contributed by atoms with Gasteiger partial charge in [-0.15, -0.1) is 0 Å². The van der Waals surface area contributed by atoms with Crippen molar-refractivity contribution in [2.45, 2.75) is 31.2 Å². The SMILES string of the molecule is CNC(Cc1ccncc1)CC1CCOc2ccccc21. The monoisotopic (exact) mass is 282 g/mol. The molecule has 0 amide bonds. The maximum absolute atomic E-state index is 5.76. The Labute approximate surface area is 126 Å². The number of likely N-dealkylation sites (N-methyl/N-ethyl adjacent to an activating group) is 1. The predicted molar refractivity (Wildman–Crippen MR) is 84.7 cm³/mol. The molecule has 0 aliphatic carbocycles. The molecule has 0 saturated carbocycles. The van der Waals surface area contributed by atoms with Gasteiger partial charge in [0.25, 0.3) is 0 Å². The third-order valence-corrected chi connectivity index (χ3v) is 4.29. The van der Waals surface area contributed by atoms with Crippen LogP contribution in [-0.4, -0.2) is 24.7 Å². The summed E-state index contributed by atoms with van der Waals surface area (Å²) >= 11 is 0. The molecule has 0 fully saturated rings. The van der Waals surface area contributed by atoms with Crippen LogP contribution in [0.2, 0.25) is 0 Å².